The van der Waals surface area contributed by atoms with Crippen LogP contribution in [0.5, 0.6) is 0 Å². The van der Waals surface area contributed by atoms with Gasteiger partial charge in [-0.05, 0) is 36.8 Å². The van der Waals surface area contributed by atoms with Gasteiger partial charge in [0.25, 0.3) is 0 Å². The van der Waals surface area contributed by atoms with Gasteiger partial charge in [-0.1, -0.05) is 45.5 Å². The predicted molar refractivity (Wildman–Crippen MR) is 109 cm³/mol. The first kappa shape index (κ1) is 16.6. The van der Waals surface area contributed by atoms with Crippen molar-refractivity contribution in [3.8, 4) is 11.3 Å². The molecule has 2 heterocycles. The number of fused-ring (bicyclic) bond motifs is 3. The van der Waals surface area contributed by atoms with Gasteiger partial charge < -0.3 is 10.1 Å². The molecule has 0 spiro atoms. The molecule has 0 bridgehead atoms. The van der Waals surface area contributed by atoms with Crippen LogP contribution in [-0.4, -0.2) is 29.6 Å². The van der Waals surface area contributed by atoms with Gasteiger partial charge in [-0.3, -0.25) is 4.40 Å². The molecule has 2 aromatic carbocycles. The van der Waals surface area contributed by atoms with Gasteiger partial charge in [0.15, 0.2) is 4.96 Å². The molecule has 25 heavy (non-hydrogen) atoms. The van der Waals surface area contributed by atoms with Crippen molar-refractivity contribution in [2.45, 2.75) is 6.92 Å². The van der Waals surface area contributed by atoms with E-state index in [1.807, 2.05) is 12.1 Å². The molecule has 0 atom stereocenters. The Morgan fingerprint density at radius 1 is 1.20 bits per heavy atom. The van der Waals surface area contributed by atoms with E-state index < -0.39 is 0 Å². The number of hydrogen-bond donors (Lipinski definition) is 1. The summed E-state index contributed by atoms with van der Waals surface area (Å²) in [6.45, 7) is 3.50. The van der Waals surface area contributed by atoms with Gasteiger partial charge in [0, 0.05) is 23.7 Å². The average molecular weight is 416 g/mol. The standard InChI is InChI=1S/C19H18BrN3OS/c1-12-3-8-15-16(11-12)25-19-22-17(13-4-6-14(20)7-5-13)18(23(15)19)21-9-10-24-2/h3-8,11,21H,9-10H2,1-2H3. The van der Waals surface area contributed by atoms with Crippen molar-refractivity contribution < 1.29 is 4.74 Å². The maximum Gasteiger partial charge on any atom is 0.197 e. The second-order valence-electron chi connectivity index (χ2n) is 5.93. The third kappa shape index (κ3) is 3.05. The number of benzene rings is 2. The summed E-state index contributed by atoms with van der Waals surface area (Å²) in [7, 11) is 1.71. The van der Waals surface area contributed by atoms with Crippen LogP contribution in [-0.2, 0) is 4.74 Å². The van der Waals surface area contributed by atoms with Crippen molar-refractivity contribution in [3.63, 3.8) is 0 Å². The molecule has 1 N–H and O–H groups in total. The number of nitrogens with zero attached hydrogens (tertiary/aromatic N) is 2. The molecule has 128 valence electrons. The zero-order valence-electron chi connectivity index (χ0n) is 14.0. The van der Waals surface area contributed by atoms with Crippen LogP contribution in [0.25, 0.3) is 26.4 Å². The van der Waals surface area contributed by atoms with E-state index in [0.717, 1.165) is 33.1 Å². The lowest BCUT2D eigenvalue weighted by Crippen LogP contribution is -2.10. The number of ether oxygens (including phenoxy) is 1. The first-order valence-corrected chi connectivity index (χ1v) is 9.68. The zero-order chi connectivity index (χ0) is 17.4. The third-order valence-electron chi connectivity index (χ3n) is 4.12. The maximum absolute atomic E-state index is 5.20. The third-order valence-corrected chi connectivity index (χ3v) is 5.65. The van der Waals surface area contributed by atoms with Crippen LogP contribution >= 0.6 is 27.3 Å². The molecular formula is C19H18BrN3OS. The van der Waals surface area contributed by atoms with Gasteiger partial charge in [-0.25, -0.2) is 4.98 Å². The van der Waals surface area contributed by atoms with Gasteiger partial charge in [-0.15, -0.1) is 0 Å². The Labute approximate surface area is 158 Å². The first-order valence-electron chi connectivity index (χ1n) is 8.08. The summed E-state index contributed by atoms with van der Waals surface area (Å²) in [4.78, 5) is 5.92. The summed E-state index contributed by atoms with van der Waals surface area (Å²) in [5.41, 5.74) is 4.51. The number of aromatic nitrogens is 2. The number of methoxy groups -OCH3 is 1. The summed E-state index contributed by atoms with van der Waals surface area (Å²) in [5.74, 6) is 1.02. The van der Waals surface area contributed by atoms with Crippen molar-refractivity contribution in [1.82, 2.24) is 9.38 Å². The Morgan fingerprint density at radius 3 is 2.76 bits per heavy atom. The highest BCUT2D eigenvalue weighted by Gasteiger charge is 2.18. The number of aryl methyl sites for hydroxylation is 1. The lowest BCUT2D eigenvalue weighted by molar-refractivity contribution is 0.210. The minimum Gasteiger partial charge on any atom is -0.383 e. The maximum atomic E-state index is 5.20. The fraction of sp³-hybridized carbons (Fsp3) is 0.211. The number of imidazole rings is 1. The van der Waals surface area contributed by atoms with Gasteiger partial charge in [-0.2, -0.15) is 0 Å². The molecular weight excluding hydrogens is 398 g/mol. The van der Waals surface area contributed by atoms with Crippen LogP contribution in [0.4, 0.5) is 5.82 Å². The molecule has 2 aromatic heterocycles. The topological polar surface area (TPSA) is 38.6 Å². The van der Waals surface area contributed by atoms with Gasteiger partial charge in [0.2, 0.25) is 0 Å². The molecule has 4 rings (SSSR count). The highest BCUT2D eigenvalue weighted by Crippen LogP contribution is 2.36. The SMILES string of the molecule is COCCNc1c(-c2ccc(Br)cc2)nc2sc3cc(C)ccc3n12. The second kappa shape index (κ2) is 6.78. The highest BCUT2D eigenvalue weighted by molar-refractivity contribution is 9.10. The fourth-order valence-corrected chi connectivity index (χ4v) is 4.31. The van der Waals surface area contributed by atoms with Crippen molar-refractivity contribution >= 4 is 48.3 Å². The normalized spacial score (nSPS) is 11.5. The summed E-state index contributed by atoms with van der Waals surface area (Å²) >= 11 is 5.22. The monoisotopic (exact) mass is 415 g/mol. The van der Waals surface area contributed by atoms with Crippen molar-refractivity contribution in [3.05, 3.63) is 52.5 Å². The molecule has 0 saturated carbocycles. The van der Waals surface area contributed by atoms with E-state index in [2.05, 4.69) is 62.9 Å². The Morgan fingerprint density at radius 2 is 2.00 bits per heavy atom. The number of rotatable bonds is 5. The number of thiazole rings is 1. The molecule has 0 aliphatic carbocycles. The van der Waals surface area contributed by atoms with E-state index in [1.165, 1.54) is 15.8 Å². The van der Waals surface area contributed by atoms with E-state index in [0.29, 0.717) is 6.61 Å². The van der Waals surface area contributed by atoms with Crippen LogP contribution in [0.2, 0.25) is 0 Å². The second-order valence-corrected chi connectivity index (χ2v) is 7.85. The first-order chi connectivity index (χ1) is 12.2. The Balaban J connectivity index is 1.92. The Kier molecular flexibility index (Phi) is 4.50. The average Bonchev–Trinajstić information content (AvgIpc) is 3.12. The van der Waals surface area contributed by atoms with E-state index in [9.17, 15) is 0 Å². The number of nitrogens with one attached hydrogen (secondary N) is 1. The minimum atomic E-state index is 0.647. The van der Waals surface area contributed by atoms with E-state index in [1.54, 1.807) is 18.4 Å². The van der Waals surface area contributed by atoms with Crippen LogP contribution in [0.1, 0.15) is 5.56 Å². The molecule has 0 saturated heterocycles. The van der Waals surface area contributed by atoms with Crippen LogP contribution in [0, 0.1) is 6.92 Å². The van der Waals surface area contributed by atoms with E-state index in [-0.39, 0.29) is 0 Å². The quantitative estimate of drug-likeness (QED) is 0.446. The smallest absolute Gasteiger partial charge is 0.197 e. The fourth-order valence-electron chi connectivity index (χ4n) is 2.92. The highest BCUT2D eigenvalue weighted by atomic mass is 79.9. The summed E-state index contributed by atoms with van der Waals surface area (Å²) in [6, 6.07) is 14.8. The molecule has 0 fully saturated rings. The van der Waals surface area contributed by atoms with E-state index >= 15 is 0 Å². The van der Waals surface area contributed by atoms with Crippen LogP contribution in [0.3, 0.4) is 0 Å². The lowest BCUT2D eigenvalue weighted by atomic mass is 10.1. The van der Waals surface area contributed by atoms with Gasteiger partial charge in [0.05, 0.1) is 16.8 Å². The molecule has 6 heteroatoms. The minimum absolute atomic E-state index is 0.647. The molecule has 4 nitrogen and oxygen atoms in total. The molecule has 0 unspecified atom stereocenters. The lowest BCUT2D eigenvalue weighted by Gasteiger charge is -2.08. The summed E-state index contributed by atoms with van der Waals surface area (Å²) in [6.07, 6.45) is 0. The summed E-state index contributed by atoms with van der Waals surface area (Å²) in [5, 5.41) is 3.51. The van der Waals surface area contributed by atoms with E-state index in [4.69, 9.17) is 9.72 Å². The van der Waals surface area contributed by atoms with Crippen LogP contribution < -0.4 is 5.32 Å². The Bertz CT molecular complexity index is 1040. The number of hydrogen-bond acceptors (Lipinski definition) is 4. The predicted octanol–water partition coefficient (Wildman–Crippen LogP) is 5.35. The largest absolute Gasteiger partial charge is 0.383 e. The zero-order valence-corrected chi connectivity index (χ0v) is 16.4. The number of anilines is 1. The number of halogens is 1. The van der Waals surface area contributed by atoms with Crippen molar-refractivity contribution in [2.75, 3.05) is 25.6 Å². The van der Waals surface area contributed by atoms with Gasteiger partial charge in [0.1, 0.15) is 11.5 Å². The molecule has 0 aliphatic rings. The Hall–Kier alpha value is -1.89. The summed E-state index contributed by atoms with van der Waals surface area (Å²) < 4.78 is 9.73. The molecule has 0 amide bonds. The van der Waals surface area contributed by atoms with Crippen LogP contribution in [0.15, 0.2) is 46.9 Å². The van der Waals surface area contributed by atoms with Crippen molar-refractivity contribution in [2.24, 2.45) is 0 Å². The molecule has 4 aromatic rings. The van der Waals surface area contributed by atoms with Gasteiger partial charge >= 0.3 is 0 Å². The van der Waals surface area contributed by atoms with Crippen molar-refractivity contribution in [1.29, 1.82) is 0 Å². The molecule has 0 radical (unpaired) electrons. The molecule has 0 aliphatic heterocycles.